The molecule has 37 heavy (non-hydrogen) atoms. The number of hydrogen-bond donors (Lipinski definition) is 10. The lowest BCUT2D eigenvalue weighted by Crippen LogP contribution is -2.62. The maximum absolute atomic E-state index is 11.9. The second kappa shape index (κ2) is 14.6. The van der Waals surface area contributed by atoms with Gasteiger partial charge < -0.3 is 74.6 Å². The summed E-state index contributed by atoms with van der Waals surface area (Å²) in [5.41, 5.74) is 0. The van der Waals surface area contributed by atoms with Crippen molar-refractivity contribution in [2.24, 2.45) is 0 Å². The van der Waals surface area contributed by atoms with Gasteiger partial charge in [0, 0.05) is 0 Å². The van der Waals surface area contributed by atoms with Crippen LogP contribution in [0.25, 0.3) is 0 Å². The smallest absolute Gasteiger partial charge is 0.394 e. The molecular weight excluding hydrogens is 535 g/mol. The maximum atomic E-state index is 11.9. The molecule has 218 valence electrons. The summed E-state index contributed by atoms with van der Waals surface area (Å²) in [7, 11) is -4.79. The molecule has 2 heterocycles. The fraction of sp³-hybridized carbons (Fsp3) is 0.944. The summed E-state index contributed by atoms with van der Waals surface area (Å²) >= 11 is 0. The third-order valence-corrected chi connectivity index (χ3v) is 6.34. The summed E-state index contributed by atoms with van der Waals surface area (Å²) in [5.74, 6) is 0. The number of aldehydes is 1. The van der Waals surface area contributed by atoms with Gasteiger partial charge in [0.2, 0.25) is 0 Å². The zero-order valence-corrected chi connectivity index (χ0v) is 20.1. The number of hydrogen-bond acceptors (Lipinski definition) is 17. The van der Waals surface area contributed by atoms with Crippen molar-refractivity contribution in [3.8, 4) is 0 Å². The molecule has 2 aliphatic heterocycles. The van der Waals surface area contributed by atoms with E-state index in [0.29, 0.717) is 0 Å². The second-order valence-electron chi connectivity index (χ2n) is 8.30. The molecule has 0 aromatic rings. The number of rotatable bonds is 14. The first-order valence-corrected chi connectivity index (χ1v) is 12.5. The Kier molecular flexibility index (Phi) is 12.8. The van der Waals surface area contributed by atoms with Gasteiger partial charge in [-0.1, -0.05) is 0 Å². The van der Waals surface area contributed by atoms with Gasteiger partial charge in [0.15, 0.2) is 18.9 Å². The zero-order chi connectivity index (χ0) is 27.9. The van der Waals surface area contributed by atoms with Crippen LogP contribution in [0.3, 0.4) is 0 Å². The van der Waals surface area contributed by atoms with Crippen LogP contribution in [-0.4, -0.2) is 164 Å². The van der Waals surface area contributed by atoms with Crippen LogP contribution in [-0.2, 0) is 37.4 Å². The minimum Gasteiger partial charge on any atom is -0.394 e. The van der Waals surface area contributed by atoms with Crippen molar-refractivity contribution in [2.45, 2.75) is 73.6 Å². The normalized spacial score (nSPS) is 40.1. The third kappa shape index (κ3) is 9.16. The summed E-state index contributed by atoms with van der Waals surface area (Å²) in [6.45, 7) is -3.63. The van der Waals surface area contributed by atoms with Crippen molar-refractivity contribution < 1.29 is 88.2 Å². The van der Waals surface area contributed by atoms with Crippen LogP contribution < -0.4 is 0 Å². The van der Waals surface area contributed by atoms with Crippen molar-refractivity contribution in [1.29, 1.82) is 0 Å². The summed E-state index contributed by atoms with van der Waals surface area (Å²) in [6.07, 6.45) is -20.1. The van der Waals surface area contributed by atoms with Crippen molar-refractivity contribution >= 4 is 14.1 Å². The molecule has 10 N–H and O–H groups in total. The molecule has 0 aliphatic carbocycles. The molecule has 19 heteroatoms. The Bertz CT molecular complexity index is 743. The van der Waals surface area contributed by atoms with Crippen LogP contribution in [0.5, 0.6) is 0 Å². The predicted molar refractivity (Wildman–Crippen MR) is 112 cm³/mol. The third-order valence-electron chi connectivity index (χ3n) is 5.39. The number of phosphoric ester groups is 1. The first-order chi connectivity index (χ1) is 17.3. The van der Waals surface area contributed by atoms with Gasteiger partial charge in [-0.25, -0.2) is 4.57 Å². The molecule has 0 aromatic heterocycles. The van der Waals surface area contributed by atoms with Gasteiger partial charge in [0.1, 0.15) is 61.0 Å². The summed E-state index contributed by atoms with van der Waals surface area (Å²) in [4.78, 5) is 20.1. The highest BCUT2D eigenvalue weighted by molar-refractivity contribution is 7.47. The molecule has 2 saturated heterocycles. The van der Waals surface area contributed by atoms with Crippen LogP contribution >= 0.6 is 7.82 Å². The van der Waals surface area contributed by atoms with E-state index in [2.05, 4.69) is 9.05 Å². The molecular formula is C18H33O18P. The highest BCUT2D eigenvalue weighted by Gasteiger charge is 2.48. The number of carbonyl (C=O) groups excluding carboxylic acids is 1. The topological polar surface area (TPSA) is 292 Å². The first-order valence-electron chi connectivity index (χ1n) is 11.0. The Hall–Kier alpha value is -0.740. The zero-order valence-electron chi connectivity index (χ0n) is 19.2. The van der Waals surface area contributed by atoms with E-state index in [-0.39, 0.29) is 6.29 Å². The van der Waals surface area contributed by atoms with Gasteiger partial charge in [-0.05, 0) is 0 Å². The van der Waals surface area contributed by atoms with Crippen molar-refractivity contribution in [3.63, 3.8) is 0 Å². The molecule has 13 atom stereocenters. The number of aliphatic hydroxyl groups is 9. The fourth-order valence-corrected chi connectivity index (χ4v) is 4.01. The van der Waals surface area contributed by atoms with Crippen LogP contribution in [0.2, 0.25) is 0 Å². The predicted octanol–water partition coefficient (Wildman–Crippen LogP) is -6.32. The number of phosphoric acid groups is 1. The Morgan fingerprint density at radius 3 is 1.78 bits per heavy atom. The Morgan fingerprint density at radius 1 is 0.757 bits per heavy atom. The molecule has 2 rings (SSSR count). The molecule has 0 radical (unpaired) electrons. The van der Waals surface area contributed by atoms with E-state index in [1.54, 1.807) is 0 Å². The van der Waals surface area contributed by atoms with Crippen molar-refractivity contribution in [1.82, 2.24) is 0 Å². The quantitative estimate of drug-likeness (QED) is 0.0688. The van der Waals surface area contributed by atoms with Gasteiger partial charge in [-0.3, -0.25) is 9.05 Å². The fourth-order valence-electron chi connectivity index (χ4n) is 3.24. The van der Waals surface area contributed by atoms with Crippen molar-refractivity contribution in [2.75, 3.05) is 33.0 Å². The molecule has 2 unspecified atom stereocenters. The minimum absolute atomic E-state index is 0.156. The van der Waals surface area contributed by atoms with Gasteiger partial charge in [0.25, 0.3) is 0 Å². The van der Waals surface area contributed by atoms with Gasteiger partial charge in [-0.15, -0.1) is 0 Å². The SMILES string of the molecule is O=C[C@@H](O)CO[C@@H]1O[C@H](CO[C@@H]2O[C@H](COP(=O)(O)OCC(O)CO)[C@@H](O)[C@H](O)[C@H]2O)[C@@H](O)[C@H](O)[C@H]1O. The van der Waals surface area contributed by atoms with Crippen LogP contribution in [0.1, 0.15) is 0 Å². The Balaban J connectivity index is 1.97. The molecule has 0 amide bonds. The molecule has 0 bridgehead atoms. The van der Waals surface area contributed by atoms with Gasteiger partial charge in [-0.2, -0.15) is 0 Å². The molecule has 2 fully saturated rings. The van der Waals surface area contributed by atoms with Gasteiger partial charge in [0.05, 0.1) is 33.0 Å². The van der Waals surface area contributed by atoms with Gasteiger partial charge >= 0.3 is 7.82 Å². The number of carbonyl (C=O) groups is 1. The van der Waals surface area contributed by atoms with Crippen LogP contribution in [0.4, 0.5) is 0 Å². The Labute approximate surface area is 209 Å². The highest BCUT2D eigenvalue weighted by Crippen LogP contribution is 2.44. The average Bonchev–Trinajstić information content (AvgIpc) is 2.88. The summed E-state index contributed by atoms with van der Waals surface area (Å²) in [5, 5.41) is 87.8. The highest BCUT2D eigenvalue weighted by atomic mass is 31.2. The molecule has 0 aromatic carbocycles. The first kappa shape index (κ1) is 32.5. The van der Waals surface area contributed by atoms with E-state index in [4.69, 9.17) is 24.1 Å². The summed E-state index contributed by atoms with van der Waals surface area (Å²) in [6, 6.07) is 0. The monoisotopic (exact) mass is 568 g/mol. The lowest BCUT2D eigenvalue weighted by Gasteiger charge is -2.43. The molecule has 0 saturated carbocycles. The van der Waals surface area contributed by atoms with E-state index in [9.17, 15) is 55.1 Å². The molecule has 18 nitrogen and oxygen atoms in total. The number of aliphatic hydroxyl groups excluding tert-OH is 9. The average molecular weight is 568 g/mol. The lowest BCUT2D eigenvalue weighted by molar-refractivity contribution is -0.331. The second-order valence-corrected chi connectivity index (χ2v) is 9.75. The molecule has 2 aliphatic rings. The lowest BCUT2D eigenvalue weighted by atomic mass is 9.98. The number of ether oxygens (including phenoxy) is 4. The summed E-state index contributed by atoms with van der Waals surface area (Å²) < 4.78 is 41.9. The van der Waals surface area contributed by atoms with E-state index < -0.39 is 114 Å². The maximum Gasteiger partial charge on any atom is 0.472 e. The van der Waals surface area contributed by atoms with E-state index in [1.165, 1.54) is 0 Å². The minimum atomic E-state index is -4.79. The molecule has 0 spiro atoms. The standard InChI is InChI=1S/C18H33O18P/c19-1-7(21)3-31-17-15(27)13(25)11(23)9(35-17)5-32-18-16(28)14(26)12(24)10(36-18)6-34-37(29,30)33-4-8(22)2-20/h1,7-18,20-28H,2-6H2,(H,29,30)/t7-,8?,9-,10-,11-,12-,13+,14+,15-,16-,17-,18-/m1/s1. The van der Waals surface area contributed by atoms with Crippen molar-refractivity contribution in [3.05, 3.63) is 0 Å². The van der Waals surface area contributed by atoms with E-state index in [0.717, 1.165) is 0 Å². The van der Waals surface area contributed by atoms with E-state index >= 15 is 0 Å². The van der Waals surface area contributed by atoms with Crippen LogP contribution in [0, 0.1) is 0 Å². The van der Waals surface area contributed by atoms with E-state index in [1.807, 2.05) is 0 Å². The largest absolute Gasteiger partial charge is 0.472 e. The Morgan fingerprint density at radius 2 is 1.27 bits per heavy atom. The van der Waals surface area contributed by atoms with Crippen LogP contribution in [0.15, 0.2) is 0 Å².